The largest absolute Gasteiger partial charge is 0.377 e. The number of carbonyl (C=O) groups excluding carboxylic acids is 1. The second-order valence-corrected chi connectivity index (χ2v) is 9.18. The predicted molar refractivity (Wildman–Crippen MR) is 105 cm³/mol. The standard InChI is InChI=1S/C22H34N2O2/c1-20(2,26-5)16-24-17-21(15-19(24)25)11-13-22(14-12-21,23(3)4)18-9-7-6-8-10-18/h6-10H,11-17H2,1-5H3. The van der Waals surface area contributed by atoms with Crippen LogP contribution >= 0.6 is 0 Å². The Labute approximate surface area is 158 Å². The molecule has 0 atom stereocenters. The number of methoxy groups -OCH3 is 1. The van der Waals surface area contributed by atoms with Crippen LogP contribution in [0, 0.1) is 5.41 Å². The lowest BCUT2D eigenvalue weighted by molar-refractivity contribution is -0.131. The molecule has 144 valence electrons. The lowest BCUT2D eigenvalue weighted by atomic mass is 9.64. The fraction of sp³-hybridized carbons (Fsp3) is 0.682. The summed E-state index contributed by atoms with van der Waals surface area (Å²) in [5, 5.41) is 0. The van der Waals surface area contributed by atoms with Crippen molar-refractivity contribution in [3.8, 4) is 0 Å². The van der Waals surface area contributed by atoms with Gasteiger partial charge in [-0.3, -0.25) is 9.69 Å². The average molecular weight is 359 g/mol. The zero-order valence-corrected chi connectivity index (χ0v) is 17.0. The van der Waals surface area contributed by atoms with Crippen molar-refractivity contribution in [1.29, 1.82) is 0 Å². The zero-order chi connectivity index (χ0) is 19.0. The molecule has 1 aliphatic carbocycles. The molecule has 2 fully saturated rings. The van der Waals surface area contributed by atoms with Crippen LogP contribution in [-0.4, -0.2) is 55.6 Å². The van der Waals surface area contributed by atoms with E-state index in [1.54, 1.807) is 7.11 Å². The van der Waals surface area contributed by atoms with Crippen molar-refractivity contribution in [2.24, 2.45) is 5.41 Å². The van der Waals surface area contributed by atoms with Crippen LogP contribution in [0.4, 0.5) is 0 Å². The summed E-state index contributed by atoms with van der Waals surface area (Å²) in [6.45, 7) is 5.68. The lowest BCUT2D eigenvalue weighted by Gasteiger charge is -2.49. The molecule has 4 nitrogen and oxygen atoms in total. The molecular formula is C22H34N2O2. The predicted octanol–water partition coefficient (Wildman–Crippen LogP) is 3.66. The summed E-state index contributed by atoms with van der Waals surface area (Å²) >= 11 is 0. The van der Waals surface area contributed by atoms with Gasteiger partial charge >= 0.3 is 0 Å². The Balaban J connectivity index is 1.74. The number of amides is 1. The van der Waals surface area contributed by atoms with Gasteiger partial charge in [-0.2, -0.15) is 0 Å². The molecule has 0 aromatic heterocycles. The van der Waals surface area contributed by atoms with E-state index < -0.39 is 0 Å². The first kappa shape index (κ1) is 19.4. The quantitative estimate of drug-likeness (QED) is 0.805. The normalized spacial score (nSPS) is 29.8. The van der Waals surface area contributed by atoms with Gasteiger partial charge in [-0.25, -0.2) is 0 Å². The highest BCUT2D eigenvalue weighted by molar-refractivity contribution is 5.79. The number of rotatable bonds is 5. The molecule has 1 saturated carbocycles. The summed E-state index contributed by atoms with van der Waals surface area (Å²) in [6, 6.07) is 10.9. The van der Waals surface area contributed by atoms with Gasteiger partial charge in [0.15, 0.2) is 0 Å². The van der Waals surface area contributed by atoms with Crippen molar-refractivity contribution in [2.45, 2.75) is 57.1 Å². The molecule has 1 aliphatic heterocycles. The summed E-state index contributed by atoms with van der Waals surface area (Å²) in [5.74, 6) is 0.298. The Hall–Kier alpha value is -1.39. The third-order valence-corrected chi connectivity index (χ3v) is 6.83. The van der Waals surface area contributed by atoms with Gasteiger partial charge in [0.1, 0.15) is 0 Å². The minimum atomic E-state index is -0.284. The Morgan fingerprint density at radius 1 is 1.12 bits per heavy atom. The second kappa shape index (κ2) is 6.97. The number of nitrogens with zero attached hydrogens (tertiary/aromatic N) is 2. The van der Waals surface area contributed by atoms with E-state index in [1.807, 2.05) is 4.90 Å². The van der Waals surface area contributed by atoms with Crippen molar-refractivity contribution >= 4 is 5.91 Å². The first-order valence-electron chi connectivity index (χ1n) is 9.78. The SMILES string of the molecule is COC(C)(C)CN1CC2(CCC(c3ccccc3)(N(C)C)CC2)CC1=O. The van der Waals surface area contributed by atoms with E-state index >= 15 is 0 Å². The van der Waals surface area contributed by atoms with Crippen LogP contribution in [0.25, 0.3) is 0 Å². The minimum absolute atomic E-state index is 0.0920. The molecular weight excluding hydrogens is 324 g/mol. The fourth-order valence-corrected chi connectivity index (χ4v) is 4.92. The van der Waals surface area contributed by atoms with Gasteiger partial charge in [0.05, 0.1) is 5.60 Å². The van der Waals surface area contributed by atoms with Crippen molar-refractivity contribution in [3.05, 3.63) is 35.9 Å². The van der Waals surface area contributed by atoms with Gasteiger partial charge < -0.3 is 9.64 Å². The molecule has 26 heavy (non-hydrogen) atoms. The van der Waals surface area contributed by atoms with Crippen LogP contribution in [0.5, 0.6) is 0 Å². The molecule has 0 bridgehead atoms. The van der Waals surface area contributed by atoms with Crippen LogP contribution in [0.2, 0.25) is 0 Å². The second-order valence-electron chi connectivity index (χ2n) is 9.18. The van der Waals surface area contributed by atoms with E-state index in [-0.39, 0.29) is 16.6 Å². The van der Waals surface area contributed by atoms with Crippen molar-refractivity contribution in [3.63, 3.8) is 0 Å². The van der Waals surface area contributed by atoms with Crippen LogP contribution < -0.4 is 0 Å². The van der Waals surface area contributed by atoms with E-state index in [0.29, 0.717) is 18.9 Å². The first-order valence-corrected chi connectivity index (χ1v) is 9.78. The number of likely N-dealkylation sites (tertiary alicyclic amines) is 1. The van der Waals surface area contributed by atoms with Gasteiger partial charge in [0.25, 0.3) is 0 Å². The van der Waals surface area contributed by atoms with Gasteiger partial charge in [0, 0.05) is 32.2 Å². The molecule has 1 heterocycles. The summed E-state index contributed by atoms with van der Waals surface area (Å²) < 4.78 is 5.55. The smallest absolute Gasteiger partial charge is 0.223 e. The van der Waals surface area contributed by atoms with E-state index in [0.717, 1.165) is 32.2 Å². The van der Waals surface area contributed by atoms with Crippen molar-refractivity contribution in [1.82, 2.24) is 9.80 Å². The highest BCUT2D eigenvalue weighted by atomic mass is 16.5. The third-order valence-electron chi connectivity index (χ3n) is 6.83. The fourth-order valence-electron chi connectivity index (χ4n) is 4.92. The number of ether oxygens (including phenoxy) is 1. The highest BCUT2D eigenvalue weighted by Crippen LogP contribution is 2.52. The summed E-state index contributed by atoms with van der Waals surface area (Å²) in [4.78, 5) is 17.1. The Kier molecular flexibility index (Phi) is 5.19. The maximum Gasteiger partial charge on any atom is 0.223 e. The Morgan fingerprint density at radius 2 is 1.73 bits per heavy atom. The molecule has 3 rings (SSSR count). The molecule has 1 aromatic rings. The molecule has 0 radical (unpaired) electrons. The maximum atomic E-state index is 12.7. The molecule has 1 aromatic carbocycles. The lowest BCUT2D eigenvalue weighted by Crippen LogP contribution is -2.48. The third kappa shape index (κ3) is 3.54. The van der Waals surface area contributed by atoms with E-state index in [1.165, 1.54) is 5.56 Å². The number of hydrogen-bond donors (Lipinski definition) is 0. The zero-order valence-electron chi connectivity index (χ0n) is 17.0. The Morgan fingerprint density at radius 3 is 2.27 bits per heavy atom. The summed E-state index contributed by atoms with van der Waals surface area (Å²) in [6.07, 6.45) is 5.13. The van der Waals surface area contributed by atoms with Gasteiger partial charge in [-0.05, 0) is 64.6 Å². The van der Waals surface area contributed by atoms with Crippen molar-refractivity contribution in [2.75, 3.05) is 34.3 Å². The van der Waals surface area contributed by atoms with Crippen LogP contribution in [0.15, 0.2) is 30.3 Å². The van der Waals surface area contributed by atoms with E-state index in [2.05, 4.69) is 63.2 Å². The minimum Gasteiger partial charge on any atom is -0.377 e. The van der Waals surface area contributed by atoms with Gasteiger partial charge in [-0.1, -0.05) is 30.3 Å². The summed E-state index contributed by atoms with van der Waals surface area (Å²) in [5.41, 5.74) is 1.36. The van der Waals surface area contributed by atoms with Crippen molar-refractivity contribution < 1.29 is 9.53 Å². The number of hydrogen-bond acceptors (Lipinski definition) is 3. The molecule has 0 N–H and O–H groups in total. The first-order chi connectivity index (χ1) is 12.2. The molecule has 2 aliphatic rings. The highest BCUT2D eigenvalue weighted by Gasteiger charge is 2.50. The van der Waals surface area contributed by atoms with Gasteiger partial charge in [0.2, 0.25) is 5.91 Å². The van der Waals surface area contributed by atoms with Crippen LogP contribution in [0.1, 0.15) is 51.5 Å². The van der Waals surface area contributed by atoms with E-state index in [9.17, 15) is 4.79 Å². The molecule has 1 amide bonds. The number of carbonyl (C=O) groups is 1. The molecule has 0 unspecified atom stereocenters. The van der Waals surface area contributed by atoms with Gasteiger partial charge in [-0.15, -0.1) is 0 Å². The monoisotopic (exact) mass is 358 g/mol. The van der Waals surface area contributed by atoms with Crippen LogP contribution in [-0.2, 0) is 15.1 Å². The van der Waals surface area contributed by atoms with Crippen LogP contribution in [0.3, 0.4) is 0 Å². The molecule has 1 saturated heterocycles. The molecule has 1 spiro atoms. The topological polar surface area (TPSA) is 32.8 Å². The average Bonchev–Trinajstić information content (AvgIpc) is 2.91. The number of benzene rings is 1. The van der Waals surface area contributed by atoms with E-state index in [4.69, 9.17) is 4.74 Å². The molecule has 4 heteroatoms. The Bertz CT molecular complexity index is 631. The summed E-state index contributed by atoms with van der Waals surface area (Å²) in [7, 11) is 6.11. The maximum absolute atomic E-state index is 12.7.